The molecule has 0 saturated heterocycles. The van der Waals surface area contributed by atoms with E-state index in [1.54, 1.807) is 12.3 Å². The number of pyridine rings is 1. The van der Waals surface area contributed by atoms with Crippen LogP contribution >= 0.6 is 0 Å². The Labute approximate surface area is 119 Å². The maximum atomic E-state index is 11.5. The number of carbonyl (C=O) groups is 2. The standard InChI is InChI=1S/C15H20N2O3/c1-20-15(19)8-3-2-5-12-17-14(18)10-9-13-7-4-6-11-16-13/h4,6-7,9-11H,2-3,5,8,12H2,1H3,(H,17,18)/b10-9+. The summed E-state index contributed by atoms with van der Waals surface area (Å²) in [4.78, 5) is 26.5. The molecule has 0 saturated carbocycles. The van der Waals surface area contributed by atoms with Gasteiger partial charge in [0.15, 0.2) is 0 Å². The van der Waals surface area contributed by atoms with Crippen LogP contribution in [0.25, 0.3) is 6.08 Å². The van der Waals surface area contributed by atoms with Crippen LogP contribution in [0.4, 0.5) is 0 Å². The van der Waals surface area contributed by atoms with Gasteiger partial charge in [-0.05, 0) is 31.1 Å². The first-order valence-corrected chi connectivity index (χ1v) is 6.66. The van der Waals surface area contributed by atoms with Crippen LogP contribution in [0.5, 0.6) is 0 Å². The van der Waals surface area contributed by atoms with E-state index in [2.05, 4.69) is 15.0 Å². The fourth-order valence-corrected chi connectivity index (χ4v) is 1.58. The molecular formula is C15H20N2O3. The Morgan fingerprint density at radius 3 is 2.85 bits per heavy atom. The zero-order valence-electron chi connectivity index (χ0n) is 11.7. The summed E-state index contributed by atoms with van der Waals surface area (Å²) < 4.78 is 4.55. The molecule has 0 fully saturated rings. The smallest absolute Gasteiger partial charge is 0.305 e. The summed E-state index contributed by atoms with van der Waals surface area (Å²) in [6.45, 7) is 0.604. The SMILES string of the molecule is COC(=O)CCCCCNC(=O)/C=C/c1ccccn1. The first-order chi connectivity index (χ1) is 9.72. The summed E-state index contributed by atoms with van der Waals surface area (Å²) >= 11 is 0. The minimum Gasteiger partial charge on any atom is -0.469 e. The number of aromatic nitrogens is 1. The quantitative estimate of drug-likeness (QED) is 0.447. The summed E-state index contributed by atoms with van der Waals surface area (Å²) in [7, 11) is 1.39. The molecule has 5 nitrogen and oxygen atoms in total. The fraction of sp³-hybridized carbons (Fsp3) is 0.400. The third kappa shape index (κ3) is 7.31. The van der Waals surface area contributed by atoms with Crippen LogP contribution in [-0.2, 0) is 14.3 Å². The number of nitrogens with zero attached hydrogens (tertiary/aromatic N) is 1. The van der Waals surface area contributed by atoms with Crippen molar-refractivity contribution in [3.8, 4) is 0 Å². The molecule has 20 heavy (non-hydrogen) atoms. The predicted molar refractivity (Wildman–Crippen MR) is 76.8 cm³/mol. The van der Waals surface area contributed by atoms with Gasteiger partial charge in [-0.25, -0.2) is 0 Å². The highest BCUT2D eigenvalue weighted by Gasteiger charge is 1.99. The summed E-state index contributed by atoms with van der Waals surface area (Å²) in [5, 5.41) is 2.79. The first kappa shape index (κ1) is 15.9. The highest BCUT2D eigenvalue weighted by atomic mass is 16.5. The molecule has 1 rings (SSSR count). The Morgan fingerprint density at radius 1 is 1.30 bits per heavy atom. The lowest BCUT2D eigenvalue weighted by Crippen LogP contribution is -2.22. The Balaban J connectivity index is 2.09. The molecule has 0 radical (unpaired) electrons. The Hall–Kier alpha value is -2.17. The van der Waals surface area contributed by atoms with Gasteiger partial charge < -0.3 is 10.1 Å². The molecule has 5 heteroatoms. The van der Waals surface area contributed by atoms with Crippen molar-refractivity contribution in [1.82, 2.24) is 10.3 Å². The number of unbranched alkanes of at least 4 members (excludes halogenated alkanes) is 2. The van der Waals surface area contributed by atoms with Crippen molar-refractivity contribution in [2.24, 2.45) is 0 Å². The number of amides is 1. The van der Waals surface area contributed by atoms with Crippen LogP contribution in [0.1, 0.15) is 31.4 Å². The molecule has 0 atom stereocenters. The van der Waals surface area contributed by atoms with Gasteiger partial charge in [0, 0.05) is 25.2 Å². The minimum atomic E-state index is -0.188. The van der Waals surface area contributed by atoms with E-state index in [1.165, 1.54) is 13.2 Å². The molecule has 1 amide bonds. The van der Waals surface area contributed by atoms with E-state index in [-0.39, 0.29) is 11.9 Å². The Bertz CT molecular complexity index is 444. The summed E-state index contributed by atoms with van der Waals surface area (Å²) in [6, 6.07) is 5.52. The maximum Gasteiger partial charge on any atom is 0.305 e. The number of nitrogens with one attached hydrogen (secondary N) is 1. The van der Waals surface area contributed by atoms with E-state index in [9.17, 15) is 9.59 Å². The number of methoxy groups -OCH3 is 1. The van der Waals surface area contributed by atoms with Gasteiger partial charge in [-0.3, -0.25) is 14.6 Å². The van der Waals surface area contributed by atoms with Crippen molar-refractivity contribution < 1.29 is 14.3 Å². The van der Waals surface area contributed by atoms with Gasteiger partial charge in [0.1, 0.15) is 0 Å². The fourth-order valence-electron chi connectivity index (χ4n) is 1.58. The monoisotopic (exact) mass is 276 g/mol. The van der Waals surface area contributed by atoms with E-state index < -0.39 is 0 Å². The van der Waals surface area contributed by atoms with Crippen LogP contribution in [0.15, 0.2) is 30.5 Å². The van der Waals surface area contributed by atoms with Crippen molar-refractivity contribution in [2.75, 3.05) is 13.7 Å². The second-order valence-electron chi connectivity index (χ2n) is 4.27. The van der Waals surface area contributed by atoms with Crippen molar-refractivity contribution >= 4 is 18.0 Å². The zero-order valence-corrected chi connectivity index (χ0v) is 11.7. The normalized spacial score (nSPS) is 10.4. The minimum absolute atomic E-state index is 0.136. The highest BCUT2D eigenvalue weighted by Crippen LogP contribution is 2.00. The zero-order chi connectivity index (χ0) is 14.6. The predicted octanol–water partition coefficient (Wildman–Crippen LogP) is 1.94. The lowest BCUT2D eigenvalue weighted by atomic mass is 10.2. The number of carbonyl (C=O) groups excluding carboxylic acids is 2. The van der Waals surface area contributed by atoms with Gasteiger partial charge in [-0.1, -0.05) is 12.5 Å². The topological polar surface area (TPSA) is 68.3 Å². The summed E-state index contributed by atoms with van der Waals surface area (Å²) in [5.74, 6) is -0.323. The maximum absolute atomic E-state index is 11.5. The van der Waals surface area contributed by atoms with Gasteiger partial charge in [0.25, 0.3) is 0 Å². The largest absolute Gasteiger partial charge is 0.469 e. The molecule has 1 N–H and O–H groups in total. The third-order valence-electron chi connectivity index (χ3n) is 2.68. The Morgan fingerprint density at radius 2 is 2.15 bits per heavy atom. The molecule has 1 heterocycles. The van der Waals surface area contributed by atoms with E-state index >= 15 is 0 Å². The van der Waals surface area contributed by atoms with Crippen LogP contribution < -0.4 is 5.32 Å². The van der Waals surface area contributed by atoms with E-state index in [4.69, 9.17) is 0 Å². The second-order valence-corrected chi connectivity index (χ2v) is 4.27. The van der Waals surface area contributed by atoms with E-state index in [0.29, 0.717) is 13.0 Å². The first-order valence-electron chi connectivity index (χ1n) is 6.66. The molecule has 0 aliphatic carbocycles. The average Bonchev–Trinajstić information content (AvgIpc) is 2.49. The Kier molecular flexibility index (Phi) is 7.72. The molecule has 1 aromatic heterocycles. The molecule has 108 valence electrons. The molecule has 0 spiro atoms. The lowest BCUT2D eigenvalue weighted by molar-refractivity contribution is -0.140. The van der Waals surface area contributed by atoms with Crippen molar-refractivity contribution in [3.63, 3.8) is 0 Å². The average molecular weight is 276 g/mol. The third-order valence-corrected chi connectivity index (χ3v) is 2.68. The number of hydrogen-bond donors (Lipinski definition) is 1. The molecule has 0 aliphatic rings. The van der Waals surface area contributed by atoms with Crippen LogP contribution in [-0.4, -0.2) is 30.5 Å². The summed E-state index contributed by atoms with van der Waals surface area (Å²) in [6.07, 6.45) is 7.78. The molecule has 0 bridgehead atoms. The van der Waals surface area contributed by atoms with Crippen LogP contribution in [0.3, 0.4) is 0 Å². The van der Waals surface area contributed by atoms with Gasteiger partial charge in [0.2, 0.25) is 5.91 Å². The van der Waals surface area contributed by atoms with Gasteiger partial charge in [0.05, 0.1) is 12.8 Å². The van der Waals surface area contributed by atoms with Gasteiger partial charge in [-0.2, -0.15) is 0 Å². The van der Waals surface area contributed by atoms with Crippen molar-refractivity contribution in [3.05, 3.63) is 36.2 Å². The van der Waals surface area contributed by atoms with E-state index in [1.807, 2.05) is 18.2 Å². The molecule has 0 unspecified atom stereocenters. The molecule has 0 aromatic carbocycles. The molecular weight excluding hydrogens is 256 g/mol. The number of esters is 1. The van der Waals surface area contributed by atoms with Gasteiger partial charge in [-0.15, -0.1) is 0 Å². The van der Waals surface area contributed by atoms with Gasteiger partial charge >= 0.3 is 5.97 Å². The van der Waals surface area contributed by atoms with Crippen molar-refractivity contribution in [1.29, 1.82) is 0 Å². The highest BCUT2D eigenvalue weighted by molar-refractivity contribution is 5.91. The number of hydrogen-bond acceptors (Lipinski definition) is 4. The van der Waals surface area contributed by atoms with Crippen LogP contribution in [0.2, 0.25) is 0 Å². The van der Waals surface area contributed by atoms with Crippen LogP contribution in [0, 0.1) is 0 Å². The lowest BCUT2D eigenvalue weighted by Gasteiger charge is -2.02. The van der Waals surface area contributed by atoms with Crippen molar-refractivity contribution in [2.45, 2.75) is 25.7 Å². The van der Waals surface area contributed by atoms with E-state index in [0.717, 1.165) is 25.0 Å². The second kappa shape index (κ2) is 9.72. The number of rotatable bonds is 8. The molecule has 1 aromatic rings. The summed E-state index contributed by atoms with van der Waals surface area (Å²) in [5.41, 5.74) is 0.751. The molecule has 0 aliphatic heterocycles. The number of ether oxygens (including phenoxy) is 1.